The minimum Gasteiger partial charge on any atom is -0.504 e. The lowest BCUT2D eigenvalue weighted by atomic mass is 10.2. The summed E-state index contributed by atoms with van der Waals surface area (Å²) in [5, 5.41) is 24.1. The number of para-hydroxylation sites is 2. The van der Waals surface area contributed by atoms with Crippen LogP contribution in [0.3, 0.4) is 0 Å². The number of hydrogen-bond donors (Lipinski definition) is 3. The quantitative estimate of drug-likeness (QED) is 0.391. The molecule has 0 saturated carbocycles. The number of benzene rings is 2. The van der Waals surface area contributed by atoms with Crippen molar-refractivity contribution in [2.75, 3.05) is 5.43 Å². The third-order valence-electron chi connectivity index (χ3n) is 3.03. The predicted molar refractivity (Wildman–Crippen MR) is 82.7 cm³/mol. The number of hydrazone groups is 1. The number of aromatic hydroxyl groups is 2. The summed E-state index contributed by atoms with van der Waals surface area (Å²) in [5.74, 6) is 0.224. The highest BCUT2D eigenvalue weighted by atomic mass is 16.3. The number of hydrogen-bond acceptors (Lipinski definition) is 5. The van der Waals surface area contributed by atoms with Gasteiger partial charge < -0.3 is 10.2 Å². The van der Waals surface area contributed by atoms with E-state index in [9.17, 15) is 10.2 Å². The summed E-state index contributed by atoms with van der Waals surface area (Å²) in [7, 11) is 0. The van der Waals surface area contributed by atoms with E-state index in [2.05, 4.69) is 15.5 Å². The van der Waals surface area contributed by atoms with Gasteiger partial charge in [-0.1, -0.05) is 24.3 Å². The summed E-state index contributed by atoms with van der Waals surface area (Å²) in [5.41, 5.74) is 4.09. The third kappa shape index (κ3) is 2.76. The van der Waals surface area contributed by atoms with E-state index in [1.807, 2.05) is 36.4 Å². The van der Waals surface area contributed by atoms with Crippen LogP contribution in [-0.4, -0.2) is 21.4 Å². The molecule has 3 rings (SSSR count). The summed E-state index contributed by atoms with van der Waals surface area (Å²) in [6.45, 7) is 0. The zero-order valence-corrected chi connectivity index (χ0v) is 11.1. The molecule has 0 aliphatic carbocycles. The molecule has 3 aromatic rings. The molecule has 0 radical (unpaired) electrons. The van der Waals surface area contributed by atoms with E-state index >= 15 is 0 Å². The van der Waals surface area contributed by atoms with Gasteiger partial charge in [-0.2, -0.15) is 5.10 Å². The van der Waals surface area contributed by atoms with E-state index < -0.39 is 0 Å². The van der Waals surface area contributed by atoms with Crippen LogP contribution in [0.25, 0.3) is 10.9 Å². The topological polar surface area (TPSA) is 77.7 Å². The molecule has 0 fully saturated rings. The largest absolute Gasteiger partial charge is 0.504 e. The Labute approximate surface area is 121 Å². The maximum absolute atomic E-state index is 9.65. The van der Waals surface area contributed by atoms with E-state index in [0.29, 0.717) is 11.4 Å². The zero-order chi connectivity index (χ0) is 14.7. The van der Waals surface area contributed by atoms with Crippen molar-refractivity contribution in [3.05, 3.63) is 60.2 Å². The van der Waals surface area contributed by atoms with Crippen LogP contribution in [0.2, 0.25) is 0 Å². The van der Waals surface area contributed by atoms with Crippen LogP contribution in [0, 0.1) is 0 Å². The van der Waals surface area contributed by atoms with Crippen molar-refractivity contribution < 1.29 is 10.2 Å². The Morgan fingerprint density at radius 3 is 2.71 bits per heavy atom. The van der Waals surface area contributed by atoms with E-state index in [1.54, 1.807) is 12.1 Å². The van der Waals surface area contributed by atoms with Crippen LogP contribution < -0.4 is 5.43 Å². The molecule has 1 aromatic heterocycles. The maximum atomic E-state index is 9.65. The fourth-order valence-electron chi connectivity index (χ4n) is 1.95. The van der Waals surface area contributed by atoms with Gasteiger partial charge in [0, 0.05) is 10.9 Å². The normalized spacial score (nSPS) is 11.0. The summed E-state index contributed by atoms with van der Waals surface area (Å²) < 4.78 is 0. The minimum absolute atomic E-state index is 0.178. The molecule has 0 amide bonds. The van der Waals surface area contributed by atoms with Gasteiger partial charge in [0.25, 0.3) is 0 Å². The van der Waals surface area contributed by atoms with Crippen molar-refractivity contribution in [2.24, 2.45) is 5.10 Å². The van der Waals surface area contributed by atoms with Crippen LogP contribution in [0.15, 0.2) is 59.7 Å². The number of nitrogens with one attached hydrogen (secondary N) is 1. The Balaban J connectivity index is 1.79. The standard InChI is InChI=1S/C16H13N3O2/c20-14-7-3-5-12(16(14)21)10-17-19-15-9-8-11-4-1-2-6-13(11)18-15/h1-10,20-21H,(H,18,19). The van der Waals surface area contributed by atoms with Gasteiger partial charge in [-0.25, -0.2) is 4.98 Å². The van der Waals surface area contributed by atoms with Crippen molar-refractivity contribution in [3.8, 4) is 11.5 Å². The number of pyridine rings is 1. The second kappa shape index (κ2) is 5.50. The predicted octanol–water partition coefficient (Wildman–Crippen LogP) is 3.09. The number of phenols is 2. The van der Waals surface area contributed by atoms with Gasteiger partial charge in [-0.3, -0.25) is 5.43 Å². The van der Waals surface area contributed by atoms with Crippen LogP contribution >= 0.6 is 0 Å². The van der Waals surface area contributed by atoms with Crippen LogP contribution in [0.5, 0.6) is 11.5 Å². The summed E-state index contributed by atoms with van der Waals surface area (Å²) in [6.07, 6.45) is 1.42. The number of nitrogens with zero attached hydrogens (tertiary/aromatic N) is 2. The number of phenolic OH excluding ortho intramolecular Hbond substituents is 2. The Kier molecular flexibility index (Phi) is 3.39. The Morgan fingerprint density at radius 1 is 0.952 bits per heavy atom. The van der Waals surface area contributed by atoms with Crippen LogP contribution in [0.1, 0.15) is 5.56 Å². The van der Waals surface area contributed by atoms with E-state index in [-0.39, 0.29) is 11.5 Å². The lowest BCUT2D eigenvalue weighted by molar-refractivity contribution is 0.403. The van der Waals surface area contributed by atoms with Gasteiger partial charge in [0.05, 0.1) is 11.7 Å². The van der Waals surface area contributed by atoms with Gasteiger partial charge >= 0.3 is 0 Å². The second-order valence-corrected chi connectivity index (χ2v) is 4.47. The average molecular weight is 279 g/mol. The van der Waals surface area contributed by atoms with Crippen molar-refractivity contribution >= 4 is 22.9 Å². The van der Waals surface area contributed by atoms with Crippen molar-refractivity contribution in [2.45, 2.75) is 0 Å². The molecule has 0 spiro atoms. The Bertz CT molecular complexity index is 815. The van der Waals surface area contributed by atoms with Crippen molar-refractivity contribution in [3.63, 3.8) is 0 Å². The molecular formula is C16H13N3O2. The first-order valence-electron chi connectivity index (χ1n) is 6.40. The SMILES string of the molecule is Oc1cccc(C=NNc2ccc3ccccc3n2)c1O. The van der Waals surface area contributed by atoms with Gasteiger partial charge in [0.1, 0.15) is 5.82 Å². The first kappa shape index (κ1) is 12.9. The number of fused-ring (bicyclic) bond motifs is 1. The molecule has 5 heteroatoms. The second-order valence-electron chi connectivity index (χ2n) is 4.47. The fourth-order valence-corrected chi connectivity index (χ4v) is 1.95. The molecule has 3 N–H and O–H groups in total. The minimum atomic E-state index is -0.200. The molecule has 21 heavy (non-hydrogen) atoms. The number of rotatable bonds is 3. The Morgan fingerprint density at radius 2 is 1.81 bits per heavy atom. The van der Waals surface area contributed by atoms with Gasteiger partial charge in [0.2, 0.25) is 0 Å². The highest BCUT2D eigenvalue weighted by Crippen LogP contribution is 2.26. The molecule has 0 saturated heterocycles. The zero-order valence-electron chi connectivity index (χ0n) is 11.1. The molecule has 5 nitrogen and oxygen atoms in total. The maximum Gasteiger partial charge on any atom is 0.166 e. The highest BCUT2D eigenvalue weighted by molar-refractivity contribution is 5.85. The average Bonchev–Trinajstić information content (AvgIpc) is 2.51. The highest BCUT2D eigenvalue weighted by Gasteiger charge is 2.02. The molecule has 0 aliphatic rings. The first-order chi connectivity index (χ1) is 10.2. The molecular weight excluding hydrogens is 266 g/mol. The number of aromatic nitrogens is 1. The molecule has 1 heterocycles. The lowest BCUT2D eigenvalue weighted by Crippen LogP contribution is -1.94. The first-order valence-corrected chi connectivity index (χ1v) is 6.40. The van der Waals surface area contributed by atoms with Gasteiger partial charge in [-0.05, 0) is 30.3 Å². The molecule has 0 atom stereocenters. The molecule has 0 unspecified atom stereocenters. The van der Waals surface area contributed by atoms with Gasteiger partial charge in [0.15, 0.2) is 11.5 Å². The summed E-state index contributed by atoms with van der Waals surface area (Å²) >= 11 is 0. The fraction of sp³-hybridized carbons (Fsp3) is 0. The van der Waals surface area contributed by atoms with Crippen LogP contribution in [-0.2, 0) is 0 Å². The molecule has 104 valence electrons. The van der Waals surface area contributed by atoms with Gasteiger partial charge in [-0.15, -0.1) is 0 Å². The Hall–Kier alpha value is -3.08. The van der Waals surface area contributed by atoms with E-state index in [1.165, 1.54) is 12.3 Å². The summed E-state index contributed by atoms with van der Waals surface area (Å²) in [6, 6.07) is 16.2. The van der Waals surface area contributed by atoms with Crippen molar-refractivity contribution in [1.29, 1.82) is 0 Å². The third-order valence-corrected chi connectivity index (χ3v) is 3.03. The monoisotopic (exact) mass is 279 g/mol. The van der Waals surface area contributed by atoms with Crippen molar-refractivity contribution in [1.82, 2.24) is 4.98 Å². The van der Waals surface area contributed by atoms with E-state index in [0.717, 1.165) is 10.9 Å². The molecule has 0 aliphatic heterocycles. The lowest BCUT2D eigenvalue weighted by Gasteiger charge is -2.03. The summed E-state index contributed by atoms with van der Waals surface area (Å²) in [4.78, 5) is 4.41. The van der Waals surface area contributed by atoms with Crippen LogP contribution in [0.4, 0.5) is 5.82 Å². The molecule has 0 bridgehead atoms. The number of anilines is 1. The van der Waals surface area contributed by atoms with E-state index in [4.69, 9.17) is 0 Å². The smallest absolute Gasteiger partial charge is 0.166 e. The molecule has 2 aromatic carbocycles.